The Morgan fingerprint density at radius 1 is 1.82 bits per heavy atom. The second-order valence-electron chi connectivity index (χ2n) is 1.71. The predicted octanol–water partition coefficient (Wildman–Crippen LogP) is 1.01. The molecule has 0 unspecified atom stereocenters. The van der Waals surface area contributed by atoms with Crippen molar-refractivity contribution < 1.29 is 9.53 Å². The third kappa shape index (κ3) is 2.59. The molecule has 0 aliphatic carbocycles. The van der Waals surface area contributed by atoms with E-state index in [2.05, 4.69) is 14.9 Å². The first-order valence-corrected chi connectivity index (χ1v) is 3.00. The van der Waals surface area contributed by atoms with Crippen molar-refractivity contribution in [3.8, 4) is 0 Å². The Hall–Kier alpha value is -1.03. The molecule has 1 rings (SSSR count). The molecule has 0 bridgehead atoms. The first-order chi connectivity index (χ1) is 4.84. The Labute approximate surface area is 70.4 Å². The van der Waals surface area contributed by atoms with E-state index in [0.717, 1.165) is 0 Å². The lowest BCUT2D eigenvalue weighted by atomic mass is 10.4. The summed E-state index contributed by atoms with van der Waals surface area (Å²) >= 11 is 0. The zero-order valence-electron chi connectivity index (χ0n) is 6.03. The minimum atomic E-state index is -0.337. The molecule has 1 aromatic rings. The summed E-state index contributed by atoms with van der Waals surface area (Å²) in [6.45, 7) is 2.15. The van der Waals surface area contributed by atoms with E-state index in [1.54, 1.807) is 6.92 Å². The molecule has 0 atom stereocenters. The number of aromatic amines is 1. The fourth-order valence-electron chi connectivity index (χ4n) is 0.577. The lowest BCUT2D eigenvalue weighted by Crippen LogP contribution is -2.02. The van der Waals surface area contributed by atoms with Crippen molar-refractivity contribution in [2.75, 3.05) is 6.61 Å². The van der Waals surface area contributed by atoms with Crippen molar-refractivity contribution in [1.29, 1.82) is 0 Å². The summed E-state index contributed by atoms with van der Waals surface area (Å²) in [6.07, 6.45) is 2.93. The fourth-order valence-corrected chi connectivity index (χ4v) is 0.577. The van der Waals surface area contributed by atoms with E-state index in [4.69, 9.17) is 0 Å². The van der Waals surface area contributed by atoms with E-state index in [1.807, 2.05) is 0 Å². The number of hydrogen-bond acceptors (Lipinski definition) is 3. The van der Waals surface area contributed by atoms with Gasteiger partial charge < -0.3 is 4.74 Å². The van der Waals surface area contributed by atoms with Crippen molar-refractivity contribution in [3.05, 3.63) is 18.0 Å². The van der Waals surface area contributed by atoms with Gasteiger partial charge in [0.05, 0.1) is 18.4 Å². The van der Waals surface area contributed by atoms with Crippen LogP contribution in [0.3, 0.4) is 0 Å². The molecule has 0 aliphatic heterocycles. The van der Waals surface area contributed by atoms with Gasteiger partial charge >= 0.3 is 5.97 Å². The van der Waals surface area contributed by atoms with Gasteiger partial charge in [0.1, 0.15) is 0 Å². The van der Waals surface area contributed by atoms with Crippen LogP contribution in [0.1, 0.15) is 17.3 Å². The predicted molar refractivity (Wildman–Crippen MR) is 41.8 cm³/mol. The van der Waals surface area contributed by atoms with Crippen LogP contribution in [0.2, 0.25) is 0 Å². The van der Waals surface area contributed by atoms with Gasteiger partial charge in [-0.3, -0.25) is 5.10 Å². The molecule has 1 heterocycles. The van der Waals surface area contributed by atoms with E-state index in [-0.39, 0.29) is 18.4 Å². The number of H-pyrrole nitrogens is 1. The summed E-state index contributed by atoms with van der Waals surface area (Å²) in [4.78, 5) is 10.8. The van der Waals surface area contributed by atoms with Gasteiger partial charge in [-0.1, -0.05) is 0 Å². The highest BCUT2D eigenvalue weighted by atomic mass is 35.5. The zero-order valence-corrected chi connectivity index (χ0v) is 6.85. The van der Waals surface area contributed by atoms with Crippen LogP contribution in [0.5, 0.6) is 0 Å². The minimum Gasteiger partial charge on any atom is -0.462 e. The lowest BCUT2D eigenvalue weighted by Gasteiger charge is -1.95. The van der Waals surface area contributed by atoms with Gasteiger partial charge in [-0.25, -0.2) is 4.79 Å². The van der Waals surface area contributed by atoms with Crippen LogP contribution in [0, 0.1) is 0 Å². The Kier molecular flexibility index (Phi) is 4.29. The smallest absolute Gasteiger partial charge is 0.341 e. The van der Waals surface area contributed by atoms with E-state index in [1.165, 1.54) is 12.4 Å². The number of nitrogens with one attached hydrogen (secondary N) is 1. The molecule has 0 radical (unpaired) electrons. The van der Waals surface area contributed by atoms with Gasteiger partial charge in [-0.15, -0.1) is 12.4 Å². The summed E-state index contributed by atoms with van der Waals surface area (Å²) in [5, 5.41) is 6.12. The summed E-state index contributed by atoms with van der Waals surface area (Å²) in [5.41, 5.74) is 0.460. The van der Waals surface area contributed by atoms with E-state index in [0.29, 0.717) is 12.2 Å². The number of rotatable bonds is 2. The van der Waals surface area contributed by atoms with E-state index in [9.17, 15) is 4.79 Å². The number of nitrogens with zero attached hydrogens (tertiary/aromatic N) is 1. The highest BCUT2D eigenvalue weighted by Crippen LogP contribution is 1.95. The maximum absolute atomic E-state index is 10.8. The van der Waals surface area contributed by atoms with Crippen molar-refractivity contribution in [2.45, 2.75) is 6.92 Å². The molecule has 62 valence electrons. The molecule has 0 fully saturated rings. The maximum atomic E-state index is 10.8. The first-order valence-electron chi connectivity index (χ1n) is 3.00. The van der Waals surface area contributed by atoms with Crippen LogP contribution in [-0.4, -0.2) is 22.8 Å². The van der Waals surface area contributed by atoms with Crippen molar-refractivity contribution >= 4 is 18.4 Å². The summed E-state index contributed by atoms with van der Waals surface area (Å²) in [6, 6.07) is 0. The van der Waals surface area contributed by atoms with Gasteiger partial charge in [0.2, 0.25) is 0 Å². The van der Waals surface area contributed by atoms with Gasteiger partial charge in [0.25, 0.3) is 0 Å². The average Bonchev–Trinajstić information content (AvgIpc) is 2.38. The Balaban J connectivity index is 0.000001000. The SMILES string of the molecule is CCOC(=O)c1cn[nH]c1.Cl. The Bertz CT molecular complexity index is 210. The number of carbonyl (C=O) groups is 1. The molecule has 5 heteroatoms. The monoisotopic (exact) mass is 176 g/mol. The fraction of sp³-hybridized carbons (Fsp3) is 0.333. The molecule has 1 aromatic heterocycles. The lowest BCUT2D eigenvalue weighted by molar-refractivity contribution is 0.0526. The molecule has 0 saturated carbocycles. The third-order valence-electron chi connectivity index (χ3n) is 1.01. The number of esters is 1. The molecule has 0 saturated heterocycles. The van der Waals surface area contributed by atoms with Crippen LogP contribution in [-0.2, 0) is 4.74 Å². The van der Waals surface area contributed by atoms with Gasteiger partial charge in [-0.2, -0.15) is 5.10 Å². The standard InChI is InChI=1S/C6H8N2O2.ClH/c1-2-10-6(9)5-3-7-8-4-5;/h3-4H,2H2,1H3,(H,7,8);1H. The minimum absolute atomic E-state index is 0. The molecular weight excluding hydrogens is 168 g/mol. The largest absolute Gasteiger partial charge is 0.462 e. The number of carbonyl (C=O) groups excluding carboxylic acids is 1. The second kappa shape index (κ2) is 4.73. The molecule has 4 nitrogen and oxygen atoms in total. The number of halogens is 1. The van der Waals surface area contributed by atoms with E-state index >= 15 is 0 Å². The summed E-state index contributed by atoms with van der Waals surface area (Å²) in [5.74, 6) is -0.337. The Morgan fingerprint density at radius 3 is 3.00 bits per heavy atom. The summed E-state index contributed by atoms with van der Waals surface area (Å²) in [7, 11) is 0. The molecule has 0 aromatic carbocycles. The number of ether oxygens (including phenoxy) is 1. The molecule has 0 amide bonds. The Morgan fingerprint density at radius 2 is 2.55 bits per heavy atom. The van der Waals surface area contributed by atoms with Crippen LogP contribution in [0.4, 0.5) is 0 Å². The molecule has 0 aliphatic rings. The van der Waals surface area contributed by atoms with E-state index < -0.39 is 0 Å². The number of hydrogen-bond donors (Lipinski definition) is 1. The van der Waals surface area contributed by atoms with Crippen molar-refractivity contribution in [3.63, 3.8) is 0 Å². The van der Waals surface area contributed by atoms with Gasteiger partial charge in [0.15, 0.2) is 0 Å². The zero-order chi connectivity index (χ0) is 7.40. The van der Waals surface area contributed by atoms with Crippen molar-refractivity contribution in [1.82, 2.24) is 10.2 Å². The van der Waals surface area contributed by atoms with Crippen LogP contribution in [0.15, 0.2) is 12.4 Å². The maximum Gasteiger partial charge on any atom is 0.341 e. The molecule has 1 N–H and O–H groups in total. The molecule has 11 heavy (non-hydrogen) atoms. The normalized spacial score (nSPS) is 8.45. The highest BCUT2D eigenvalue weighted by Gasteiger charge is 2.04. The molecular formula is C6H9ClN2O2. The first kappa shape index (κ1) is 9.97. The number of aromatic nitrogens is 2. The topological polar surface area (TPSA) is 55.0 Å². The highest BCUT2D eigenvalue weighted by molar-refractivity contribution is 5.88. The van der Waals surface area contributed by atoms with Crippen LogP contribution < -0.4 is 0 Å². The van der Waals surface area contributed by atoms with Crippen molar-refractivity contribution in [2.24, 2.45) is 0 Å². The average molecular weight is 177 g/mol. The van der Waals surface area contributed by atoms with Crippen LogP contribution in [0.25, 0.3) is 0 Å². The summed E-state index contributed by atoms with van der Waals surface area (Å²) < 4.78 is 4.69. The third-order valence-corrected chi connectivity index (χ3v) is 1.01. The van der Waals surface area contributed by atoms with Crippen LogP contribution >= 0.6 is 12.4 Å². The van der Waals surface area contributed by atoms with Gasteiger partial charge in [0, 0.05) is 6.20 Å². The van der Waals surface area contributed by atoms with Gasteiger partial charge in [-0.05, 0) is 6.92 Å². The molecule has 0 spiro atoms. The second-order valence-corrected chi connectivity index (χ2v) is 1.71. The quantitative estimate of drug-likeness (QED) is 0.685.